The molecule has 0 saturated heterocycles. The van der Waals surface area contributed by atoms with E-state index in [4.69, 9.17) is 10.9 Å². The molecule has 5 N–H and O–H groups in total. The van der Waals surface area contributed by atoms with Crippen LogP contribution in [0.15, 0.2) is 41.8 Å². The minimum atomic E-state index is -1.01. The Morgan fingerprint density at radius 1 is 1.15 bits per heavy atom. The first-order chi connectivity index (χ1) is 12.1. The number of hydrogen-bond acceptors (Lipinski definition) is 5. The Morgan fingerprint density at radius 3 is 2.42 bits per heavy atom. The predicted molar refractivity (Wildman–Crippen MR) is 101 cm³/mol. The van der Waals surface area contributed by atoms with E-state index in [9.17, 15) is 9.59 Å². The van der Waals surface area contributed by atoms with Crippen molar-refractivity contribution in [2.24, 2.45) is 5.73 Å². The molecule has 0 aliphatic heterocycles. The highest BCUT2D eigenvalue weighted by Gasteiger charge is 2.19. The first kappa shape index (κ1) is 20.9. The second-order valence-electron chi connectivity index (χ2n) is 4.79. The second kappa shape index (κ2) is 10.7. The third-order valence-corrected chi connectivity index (χ3v) is 3.88. The summed E-state index contributed by atoms with van der Waals surface area (Å²) in [7, 11) is 0. The van der Waals surface area contributed by atoms with Gasteiger partial charge in [0, 0.05) is 17.7 Å². The Balaban J connectivity index is 0.00000338. The van der Waals surface area contributed by atoms with Crippen molar-refractivity contribution in [2.45, 2.75) is 13.5 Å². The maximum Gasteiger partial charge on any atom is 0.267 e. The van der Waals surface area contributed by atoms with E-state index in [-0.39, 0.29) is 14.0 Å². The minimum Gasteiger partial charge on any atom is -0.339 e. The van der Waals surface area contributed by atoms with E-state index < -0.39 is 17.9 Å². The number of hydroxylamine groups is 1. The molecule has 26 heavy (non-hydrogen) atoms. The fourth-order valence-corrected chi connectivity index (χ4v) is 2.37. The van der Waals surface area contributed by atoms with Gasteiger partial charge in [-0.25, -0.2) is 5.48 Å². The van der Waals surface area contributed by atoms with Gasteiger partial charge in [0.25, 0.3) is 11.8 Å². The molecule has 2 aromatic rings. The van der Waals surface area contributed by atoms with Crippen LogP contribution in [0.5, 0.6) is 0 Å². The third kappa shape index (κ3) is 6.08. The van der Waals surface area contributed by atoms with Crippen molar-refractivity contribution in [3.05, 3.63) is 57.8 Å². The number of benzene rings is 1. The maximum atomic E-state index is 12.1. The third-order valence-electron chi connectivity index (χ3n) is 3.09. The van der Waals surface area contributed by atoms with Gasteiger partial charge in [-0.3, -0.25) is 14.8 Å². The summed E-state index contributed by atoms with van der Waals surface area (Å²) in [6, 6.07) is 9.34. The molecule has 6 nitrogen and oxygen atoms in total. The molecule has 0 radical (unpaired) electrons. The molecule has 0 spiro atoms. The predicted octanol–water partition coefficient (Wildman–Crippen LogP) is 1.35. The summed E-state index contributed by atoms with van der Waals surface area (Å²) in [5, 5.41) is 13.0. The van der Waals surface area contributed by atoms with E-state index in [1.54, 1.807) is 35.6 Å². The number of hydrogen-bond donors (Lipinski definition) is 4. The van der Waals surface area contributed by atoms with Crippen molar-refractivity contribution >= 4 is 23.2 Å². The summed E-state index contributed by atoms with van der Waals surface area (Å²) in [6.07, 6.45) is 0. The molecule has 134 valence electrons. The lowest BCUT2D eigenvalue weighted by atomic mass is 10.1. The number of thiophene rings is 1. The topological polar surface area (TPSA) is 104 Å². The van der Waals surface area contributed by atoms with Gasteiger partial charge in [0.2, 0.25) is 0 Å². The van der Waals surface area contributed by atoms with Crippen LogP contribution in [0.2, 0.25) is 0 Å². The van der Waals surface area contributed by atoms with Crippen LogP contribution in [0, 0.1) is 23.7 Å². The fraction of sp³-hybridized carbons (Fsp3) is 0.158. The molecule has 1 heterocycles. The number of nitrogens with one attached hydrogen (secondary N) is 2. The number of amides is 2. The second-order valence-corrected chi connectivity index (χ2v) is 5.74. The van der Waals surface area contributed by atoms with Crippen molar-refractivity contribution in [1.29, 1.82) is 0 Å². The summed E-state index contributed by atoms with van der Waals surface area (Å²) in [5.41, 5.74) is 7.90. The Bertz CT molecular complexity index is 853. The van der Waals surface area contributed by atoms with Crippen LogP contribution in [-0.4, -0.2) is 29.6 Å². The van der Waals surface area contributed by atoms with Crippen LogP contribution in [0.3, 0.4) is 0 Å². The average molecular weight is 369 g/mol. The molecule has 0 saturated carbocycles. The molecular formula is C19H19N3O3S. The summed E-state index contributed by atoms with van der Waals surface area (Å²) >= 11 is 1.55. The van der Waals surface area contributed by atoms with Gasteiger partial charge in [0.15, 0.2) is 0 Å². The van der Waals surface area contributed by atoms with Gasteiger partial charge in [0.1, 0.15) is 6.04 Å². The first-order valence-corrected chi connectivity index (χ1v) is 8.12. The van der Waals surface area contributed by atoms with Crippen LogP contribution in [-0.2, 0) is 4.79 Å². The number of carbonyl (C=O) groups is 2. The van der Waals surface area contributed by atoms with E-state index in [0.717, 1.165) is 4.88 Å². The SMILES string of the molecule is C.NC[C@H](NC(=O)c1ccc(C#CC#Cc2cccs2)cc1)C(=O)NO. The lowest BCUT2D eigenvalue weighted by molar-refractivity contribution is -0.130. The molecule has 1 atom stereocenters. The molecule has 1 aromatic heterocycles. The molecule has 2 rings (SSSR count). The van der Waals surface area contributed by atoms with Crippen molar-refractivity contribution in [1.82, 2.24) is 10.8 Å². The van der Waals surface area contributed by atoms with Crippen molar-refractivity contribution < 1.29 is 14.8 Å². The van der Waals surface area contributed by atoms with Crippen LogP contribution in [0.1, 0.15) is 28.2 Å². The smallest absolute Gasteiger partial charge is 0.267 e. The van der Waals surface area contributed by atoms with Crippen molar-refractivity contribution in [2.75, 3.05) is 6.54 Å². The van der Waals surface area contributed by atoms with Gasteiger partial charge in [0.05, 0.1) is 4.88 Å². The highest BCUT2D eigenvalue weighted by Crippen LogP contribution is 2.05. The lowest BCUT2D eigenvalue weighted by Crippen LogP contribution is -2.50. The van der Waals surface area contributed by atoms with Crippen molar-refractivity contribution in [3.63, 3.8) is 0 Å². The lowest BCUT2D eigenvalue weighted by Gasteiger charge is -2.14. The van der Waals surface area contributed by atoms with Gasteiger partial charge in [-0.15, -0.1) is 11.3 Å². The molecule has 0 unspecified atom stereocenters. The standard InChI is InChI=1S/C18H15N3O3S.CH4/c19-12-16(18(23)21-24)20-17(22)14-9-7-13(8-10-14)4-1-2-5-15-6-3-11-25-15;/h3,6-11,16,24H,12,19H2,(H,20,22)(H,21,23);1H4/t16-;/m0./s1. The molecule has 2 amide bonds. The van der Waals surface area contributed by atoms with E-state index in [0.29, 0.717) is 11.1 Å². The highest BCUT2D eigenvalue weighted by atomic mass is 32.1. The molecule has 0 fully saturated rings. The first-order valence-electron chi connectivity index (χ1n) is 7.24. The average Bonchev–Trinajstić information content (AvgIpc) is 3.16. The number of nitrogens with two attached hydrogens (primary N) is 1. The zero-order valence-electron chi connectivity index (χ0n) is 13.1. The van der Waals surface area contributed by atoms with E-state index in [1.165, 1.54) is 5.48 Å². The zero-order chi connectivity index (χ0) is 18.1. The summed E-state index contributed by atoms with van der Waals surface area (Å²) in [6.45, 7) is -0.134. The normalized spacial score (nSPS) is 10.1. The van der Waals surface area contributed by atoms with Crippen LogP contribution in [0.4, 0.5) is 0 Å². The van der Waals surface area contributed by atoms with Gasteiger partial charge in [-0.1, -0.05) is 19.4 Å². The van der Waals surface area contributed by atoms with E-state index in [2.05, 4.69) is 29.0 Å². The van der Waals surface area contributed by atoms with Crippen LogP contribution < -0.4 is 16.5 Å². The fourth-order valence-electron chi connectivity index (χ4n) is 1.80. The van der Waals surface area contributed by atoms with Gasteiger partial charge >= 0.3 is 0 Å². The molecule has 0 aliphatic carbocycles. The largest absolute Gasteiger partial charge is 0.339 e. The minimum absolute atomic E-state index is 0. The molecule has 0 aliphatic rings. The van der Waals surface area contributed by atoms with E-state index in [1.807, 2.05) is 17.5 Å². The molecule has 7 heteroatoms. The van der Waals surface area contributed by atoms with E-state index >= 15 is 0 Å². The quantitative estimate of drug-likeness (QED) is 0.371. The highest BCUT2D eigenvalue weighted by molar-refractivity contribution is 7.10. The van der Waals surface area contributed by atoms with Gasteiger partial charge in [-0.05, 0) is 53.5 Å². The monoisotopic (exact) mass is 369 g/mol. The van der Waals surface area contributed by atoms with Crippen LogP contribution >= 0.6 is 11.3 Å². The van der Waals surface area contributed by atoms with Crippen molar-refractivity contribution in [3.8, 4) is 23.7 Å². The summed E-state index contributed by atoms with van der Waals surface area (Å²) in [4.78, 5) is 24.3. The summed E-state index contributed by atoms with van der Waals surface area (Å²) in [5.74, 6) is 10.1. The Hall–Kier alpha value is -3.10. The molecular weight excluding hydrogens is 350 g/mol. The summed E-state index contributed by atoms with van der Waals surface area (Å²) < 4.78 is 0. The van der Waals surface area contributed by atoms with Crippen LogP contribution in [0.25, 0.3) is 0 Å². The maximum absolute atomic E-state index is 12.1. The zero-order valence-corrected chi connectivity index (χ0v) is 13.9. The Kier molecular flexibility index (Phi) is 8.62. The molecule has 0 bridgehead atoms. The van der Waals surface area contributed by atoms with Gasteiger partial charge in [-0.2, -0.15) is 0 Å². The Labute approximate surface area is 156 Å². The number of carbonyl (C=O) groups excluding carboxylic acids is 2. The molecule has 1 aromatic carbocycles. The Morgan fingerprint density at radius 2 is 1.85 bits per heavy atom. The number of rotatable bonds is 4. The van der Waals surface area contributed by atoms with Gasteiger partial charge < -0.3 is 11.1 Å².